The highest BCUT2D eigenvalue weighted by Gasteiger charge is 2.06. The summed E-state index contributed by atoms with van der Waals surface area (Å²) in [4.78, 5) is 10.7. The zero-order valence-electron chi connectivity index (χ0n) is 7.11. The Bertz CT molecular complexity index is 296. The average molecular weight is 165 g/mol. The molecule has 3 heteroatoms. The SMILES string of the molecule is CC(=O)N(O)c1cccc(C)c1. The van der Waals surface area contributed by atoms with E-state index in [4.69, 9.17) is 0 Å². The third-order valence-electron chi connectivity index (χ3n) is 1.54. The summed E-state index contributed by atoms with van der Waals surface area (Å²) in [6.07, 6.45) is 0. The Morgan fingerprint density at radius 1 is 1.50 bits per heavy atom. The van der Waals surface area contributed by atoms with E-state index < -0.39 is 0 Å². The quantitative estimate of drug-likeness (QED) is 0.508. The fraction of sp³-hybridized carbons (Fsp3) is 0.222. The van der Waals surface area contributed by atoms with Crippen molar-refractivity contribution in [3.05, 3.63) is 29.8 Å². The molecule has 0 fully saturated rings. The first kappa shape index (κ1) is 8.74. The maximum atomic E-state index is 10.7. The van der Waals surface area contributed by atoms with Crippen molar-refractivity contribution in [3.63, 3.8) is 0 Å². The van der Waals surface area contributed by atoms with E-state index in [2.05, 4.69) is 0 Å². The van der Waals surface area contributed by atoms with E-state index in [0.717, 1.165) is 5.56 Å². The van der Waals surface area contributed by atoms with E-state index in [1.54, 1.807) is 18.2 Å². The number of anilines is 1. The topological polar surface area (TPSA) is 40.5 Å². The van der Waals surface area contributed by atoms with Crippen LogP contribution >= 0.6 is 0 Å². The van der Waals surface area contributed by atoms with Crippen molar-refractivity contribution in [1.29, 1.82) is 0 Å². The Balaban J connectivity index is 2.95. The van der Waals surface area contributed by atoms with Gasteiger partial charge in [0.1, 0.15) is 0 Å². The number of aryl methyl sites for hydroxylation is 1. The summed E-state index contributed by atoms with van der Waals surface area (Å²) in [5.41, 5.74) is 1.51. The van der Waals surface area contributed by atoms with E-state index in [1.807, 2.05) is 13.0 Å². The minimum atomic E-state index is -0.388. The lowest BCUT2D eigenvalue weighted by Crippen LogP contribution is -2.23. The van der Waals surface area contributed by atoms with Gasteiger partial charge in [-0.05, 0) is 24.6 Å². The Kier molecular flexibility index (Phi) is 2.45. The van der Waals surface area contributed by atoms with Crippen LogP contribution in [0.3, 0.4) is 0 Å². The molecule has 1 aromatic rings. The van der Waals surface area contributed by atoms with Crippen molar-refractivity contribution >= 4 is 11.6 Å². The fourth-order valence-corrected chi connectivity index (χ4v) is 0.942. The van der Waals surface area contributed by atoms with Crippen LogP contribution in [0.2, 0.25) is 0 Å². The third kappa shape index (κ3) is 1.83. The zero-order valence-corrected chi connectivity index (χ0v) is 7.11. The molecule has 0 aliphatic heterocycles. The van der Waals surface area contributed by atoms with Crippen LogP contribution in [0, 0.1) is 6.92 Å². The largest absolute Gasteiger partial charge is 0.281 e. The Labute approximate surface area is 71.2 Å². The van der Waals surface area contributed by atoms with E-state index in [9.17, 15) is 10.0 Å². The van der Waals surface area contributed by atoms with Crippen molar-refractivity contribution in [2.75, 3.05) is 5.06 Å². The van der Waals surface area contributed by atoms with Gasteiger partial charge >= 0.3 is 0 Å². The molecule has 0 saturated carbocycles. The van der Waals surface area contributed by atoms with E-state index in [1.165, 1.54) is 6.92 Å². The highest BCUT2D eigenvalue weighted by atomic mass is 16.5. The molecule has 0 aliphatic carbocycles. The molecule has 0 aromatic heterocycles. The van der Waals surface area contributed by atoms with Gasteiger partial charge in [0.15, 0.2) is 0 Å². The molecule has 0 aliphatic rings. The van der Waals surface area contributed by atoms with Crippen LogP contribution < -0.4 is 5.06 Å². The number of nitrogens with zero attached hydrogens (tertiary/aromatic N) is 1. The summed E-state index contributed by atoms with van der Waals surface area (Å²) in [5, 5.41) is 9.84. The number of hydrogen-bond acceptors (Lipinski definition) is 2. The van der Waals surface area contributed by atoms with Gasteiger partial charge in [0, 0.05) is 6.92 Å². The average Bonchev–Trinajstić information content (AvgIpc) is 2.03. The first-order valence-corrected chi connectivity index (χ1v) is 3.67. The van der Waals surface area contributed by atoms with Crippen LogP contribution in [0.1, 0.15) is 12.5 Å². The van der Waals surface area contributed by atoms with Crippen molar-refractivity contribution < 1.29 is 10.0 Å². The van der Waals surface area contributed by atoms with E-state index in [0.29, 0.717) is 10.8 Å². The molecular weight excluding hydrogens is 154 g/mol. The third-order valence-corrected chi connectivity index (χ3v) is 1.54. The summed E-state index contributed by atoms with van der Waals surface area (Å²) < 4.78 is 0. The van der Waals surface area contributed by atoms with Gasteiger partial charge in [-0.25, -0.2) is 0 Å². The lowest BCUT2D eigenvalue weighted by Gasteiger charge is -2.12. The number of hydrogen-bond donors (Lipinski definition) is 1. The highest BCUT2D eigenvalue weighted by molar-refractivity contribution is 5.88. The van der Waals surface area contributed by atoms with Crippen LogP contribution in [0.15, 0.2) is 24.3 Å². The molecule has 0 unspecified atom stereocenters. The van der Waals surface area contributed by atoms with Gasteiger partial charge < -0.3 is 0 Å². The zero-order chi connectivity index (χ0) is 9.14. The molecule has 0 saturated heterocycles. The van der Waals surface area contributed by atoms with Gasteiger partial charge in [-0.1, -0.05) is 12.1 Å². The van der Waals surface area contributed by atoms with E-state index in [-0.39, 0.29) is 5.91 Å². The van der Waals surface area contributed by atoms with Gasteiger partial charge in [-0.3, -0.25) is 10.0 Å². The van der Waals surface area contributed by atoms with Gasteiger partial charge in [-0.2, -0.15) is 5.06 Å². The van der Waals surface area contributed by atoms with Crippen molar-refractivity contribution in [1.82, 2.24) is 0 Å². The summed E-state index contributed by atoms with van der Waals surface area (Å²) in [6, 6.07) is 7.10. The van der Waals surface area contributed by atoms with Gasteiger partial charge in [0.2, 0.25) is 5.91 Å². The first-order chi connectivity index (χ1) is 5.61. The predicted octanol–water partition coefficient (Wildman–Crippen LogP) is 1.74. The number of hydroxylamine groups is 1. The summed E-state index contributed by atoms with van der Waals surface area (Å²) in [7, 11) is 0. The fourth-order valence-electron chi connectivity index (χ4n) is 0.942. The maximum absolute atomic E-state index is 10.7. The lowest BCUT2D eigenvalue weighted by molar-refractivity contribution is -0.121. The summed E-state index contributed by atoms with van der Waals surface area (Å²) in [5.74, 6) is -0.388. The number of carbonyl (C=O) groups is 1. The van der Waals surface area contributed by atoms with Gasteiger partial charge in [0.05, 0.1) is 5.69 Å². The minimum absolute atomic E-state index is 0.388. The Hall–Kier alpha value is -1.35. The number of rotatable bonds is 1. The molecular formula is C9H11NO2. The molecule has 0 atom stereocenters. The van der Waals surface area contributed by atoms with E-state index >= 15 is 0 Å². The maximum Gasteiger partial charge on any atom is 0.247 e. The second-order valence-electron chi connectivity index (χ2n) is 2.67. The number of amides is 1. The molecule has 0 spiro atoms. The molecule has 12 heavy (non-hydrogen) atoms. The van der Waals surface area contributed by atoms with Crippen molar-refractivity contribution in [2.45, 2.75) is 13.8 Å². The molecule has 0 radical (unpaired) electrons. The molecule has 1 amide bonds. The second kappa shape index (κ2) is 3.36. The second-order valence-corrected chi connectivity index (χ2v) is 2.67. The molecule has 1 aromatic carbocycles. The number of benzene rings is 1. The highest BCUT2D eigenvalue weighted by Crippen LogP contribution is 2.13. The molecule has 3 nitrogen and oxygen atoms in total. The van der Waals surface area contributed by atoms with Crippen LogP contribution in [0.25, 0.3) is 0 Å². The monoisotopic (exact) mass is 165 g/mol. The van der Waals surface area contributed by atoms with Gasteiger partial charge in [0.25, 0.3) is 0 Å². The normalized spacial score (nSPS) is 9.58. The van der Waals surface area contributed by atoms with Crippen LogP contribution in [-0.2, 0) is 4.79 Å². The minimum Gasteiger partial charge on any atom is -0.281 e. The standard InChI is InChI=1S/C9H11NO2/c1-7-4-3-5-9(6-7)10(12)8(2)11/h3-6,12H,1-2H3. The Morgan fingerprint density at radius 2 is 2.17 bits per heavy atom. The van der Waals surface area contributed by atoms with Crippen molar-refractivity contribution in [2.24, 2.45) is 0 Å². The molecule has 64 valence electrons. The molecule has 0 bridgehead atoms. The molecule has 1 rings (SSSR count). The summed E-state index contributed by atoms with van der Waals surface area (Å²) >= 11 is 0. The molecule has 0 heterocycles. The number of carbonyl (C=O) groups excluding carboxylic acids is 1. The van der Waals surface area contributed by atoms with Crippen molar-refractivity contribution in [3.8, 4) is 0 Å². The predicted molar refractivity (Wildman–Crippen MR) is 46.1 cm³/mol. The summed E-state index contributed by atoms with van der Waals surface area (Å²) in [6.45, 7) is 3.21. The van der Waals surface area contributed by atoms with Crippen LogP contribution in [0.4, 0.5) is 5.69 Å². The van der Waals surface area contributed by atoms with Gasteiger partial charge in [-0.15, -0.1) is 0 Å². The first-order valence-electron chi connectivity index (χ1n) is 3.67. The van der Waals surface area contributed by atoms with Crippen LogP contribution in [0.5, 0.6) is 0 Å². The Morgan fingerprint density at radius 3 is 2.67 bits per heavy atom. The molecule has 1 N–H and O–H groups in total. The smallest absolute Gasteiger partial charge is 0.247 e. The van der Waals surface area contributed by atoms with Crippen LogP contribution in [-0.4, -0.2) is 11.1 Å². The lowest BCUT2D eigenvalue weighted by atomic mass is 10.2.